The van der Waals surface area contributed by atoms with Gasteiger partial charge in [-0.05, 0) is 104 Å². The third kappa shape index (κ3) is 5.98. The van der Waals surface area contributed by atoms with Crippen LogP contribution >= 0.6 is 0 Å². The normalized spacial score (nSPS) is 12.4. The Kier molecular flexibility index (Phi) is 8.24. The zero-order valence-corrected chi connectivity index (χ0v) is 35.4. The van der Waals surface area contributed by atoms with Gasteiger partial charge < -0.3 is 4.74 Å². The lowest BCUT2D eigenvalue weighted by Gasteiger charge is -2.26. The highest BCUT2D eigenvalue weighted by atomic mass is 16.5. The van der Waals surface area contributed by atoms with Crippen molar-refractivity contribution in [1.82, 2.24) is 14.1 Å². The molecular formula is C56H46N4O. The first-order valence-electron chi connectivity index (χ1n) is 21.1. The van der Waals surface area contributed by atoms with Gasteiger partial charge in [0.15, 0.2) is 0 Å². The summed E-state index contributed by atoms with van der Waals surface area (Å²) in [5, 5.41) is 2.33. The average molecular weight is 791 g/mol. The zero-order valence-electron chi connectivity index (χ0n) is 35.4. The van der Waals surface area contributed by atoms with Crippen LogP contribution in [0.15, 0.2) is 170 Å². The van der Waals surface area contributed by atoms with Crippen molar-refractivity contribution in [3.8, 4) is 62.1 Å². The van der Waals surface area contributed by atoms with E-state index in [1.54, 1.807) is 0 Å². The van der Waals surface area contributed by atoms with E-state index in [1.165, 1.54) is 44.3 Å². The molecule has 11 rings (SSSR count). The minimum Gasteiger partial charge on any atom is -0.458 e. The Morgan fingerprint density at radius 3 is 1.87 bits per heavy atom. The fraction of sp³-hybridized carbons (Fsp3) is 0.143. The van der Waals surface area contributed by atoms with Gasteiger partial charge in [0.2, 0.25) is 0 Å². The summed E-state index contributed by atoms with van der Waals surface area (Å²) in [6.07, 6.45) is 5.83. The number of nitrogens with zero attached hydrogens (tertiary/aromatic N) is 4. The molecule has 0 fully saturated rings. The lowest BCUT2D eigenvalue weighted by atomic mass is 9.82. The van der Waals surface area contributed by atoms with Crippen molar-refractivity contribution in [3.63, 3.8) is 0 Å². The number of hydrogen-bond acceptors (Lipinski definition) is 2. The molecule has 0 atom stereocenters. The van der Waals surface area contributed by atoms with Crippen LogP contribution in [0.1, 0.15) is 52.7 Å². The fourth-order valence-corrected chi connectivity index (χ4v) is 9.33. The number of imidazole rings is 1. The van der Waals surface area contributed by atoms with E-state index >= 15 is 0 Å². The maximum Gasteiger partial charge on any atom is 0.269 e. The summed E-state index contributed by atoms with van der Waals surface area (Å²) in [6.45, 7) is 13.6. The van der Waals surface area contributed by atoms with Gasteiger partial charge in [-0.2, -0.15) is 0 Å². The Morgan fingerprint density at radius 1 is 0.508 bits per heavy atom. The van der Waals surface area contributed by atoms with E-state index in [2.05, 4.69) is 219 Å². The number of para-hydroxylation sites is 3. The van der Waals surface area contributed by atoms with E-state index < -0.39 is 0 Å². The van der Waals surface area contributed by atoms with Crippen LogP contribution < -0.4 is 9.30 Å². The predicted octanol–water partition coefficient (Wildman–Crippen LogP) is 13.9. The summed E-state index contributed by atoms with van der Waals surface area (Å²) < 4.78 is 13.6. The first kappa shape index (κ1) is 36.8. The fourth-order valence-electron chi connectivity index (χ4n) is 9.33. The molecule has 0 saturated carbocycles. The minimum atomic E-state index is -0.141. The molecule has 5 heteroatoms. The Balaban J connectivity index is 1.08. The summed E-state index contributed by atoms with van der Waals surface area (Å²) in [7, 11) is 0. The number of hydrogen-bond donors (Lipinski definition) is 0. The Labute approximate surface area is 356 Å². The molecule has 0 saturated heterocycles. The van der Waals surface area contributed by atoms with Gasteiger partial charge in [-0.1, -0.05) is 151 Å². The van der Waals surface area contributed by atoms with Crippen molar-refractivity contribution >= 4 is 32.8 Å². The molecule has 4 heterocycles. The number of rotatable bonds is 4. The lowest BCUT2D eigenvalue weighted by molar-refractivity contribution is -0.572. The number of aromatic nitrogens is 4. The second kappa shape index (κ2) is 13.7. The largest absolute Gasteiger partial charge is 0.458 e. The molecule has 0 spiro atoms. The van der Waals surface area contributed by atoms with Crippen LogP contribution in [0, 0.1) is 6.33 Å². The maximum atomic E-state index is 6.79. The zero-order chi connectivity index (χ0) is 41.6. The van der Waals surface area contributed by atoms with Crippen LogP contribution in [-0.2, 0) is 10.8 Å². The lowest BCUT2D eigenvalue weighted by Crippen LogP contribution is -2.35. The molecule has 0 N–H and O–H groups in total. The first-order valence-corrected chi connectivity index (χ1v) is 21.1. The molecule has 296 valence electrons. The van der Waals surface area contributed by atoms with Crippen molar-refractivity contribution in [1.29, 1.82) is 0 Å². The summed E-state index contributed by atoms with van der Waals surface area (Å²) in [6, 6.07) is 58.6. The van der Waals surface area contributed by atoms with Crippen molar-refractivity contribution in [2.24, 2.45) is 0 Å². The van der Waals surface area contributed by atoms with Crippen LogP contribution in [-0.4, -0.2) is 14.1 Å². The third-order valence-corrected chi connectivity index (χ3v) is 12.3. The average Bonchev–Trinajstić information content (AvgIpc) is 3.82. The smallest absolute Gasteiger partial charge is 0.269 e. The van der Waals surface area contributed by atoms with Crippen LogP contribution in [0.4, 0.5) is 0 Å². The van der Waals surface area contributed by atoms with Gasteiger partial charge in [0.05, 0.1) is 33.4 Å². The van der Waals surface area contributed by atoms with Crippen molar-refractivity contribution in [3.05, 3.63) is 187 Å². The minimum absolute atomic E-state index is 0.0112. The number of fused-ring (bicyclic) bond motifs is 10. The molecule has 0 aliphatic carbocycles. The van der Waals surface area contributed by atoms with Gasteiger partial charge >= 0.3 is 0 Å². The molecule has 1 aliphatic rings. The van der Waals surface area contributed by atoms with Gasteiger partial charge in [0.25, 0.3) is 6.33 Å². The molecule has 3 aromatic heterocycles. The molecule has 10 aromatic rings. The summed E-state index contributed by atoms with van der Waals surface area (Å²) >= 11 is 0. The topological polar surface area (TPSA) is 35.9 Å². The number of ether oxygens (including phenoxy) is 1. The molecule has 0 amide bonds. The molecular weight excluding hydrogens is 745 g/mol. The van der Waals surface area contributed by atoms with E-state index in [1.807, 2.05) is 12.3 Å². The quantitative estimate of drug-likeness (QED) is 0.131. The SMILES string of the molecule is CC(C)(C)c1ccnc(-n2c3ccccc3c3ccc(Oc4cccc(-n5[c-][n+]6c7c(cccc75)-c5ccccc5-c5ccccc5-c5cccc(C(C)(C)C)c5-6)c4)cc32)c1. The van der Waals surface area contributed by atoms with Gasteiger partial charge in [0, 0.05) is 23.0 Å². The molecule has 61 heavy (non-hydrogen) atoms. The molecule has 0 bridgehead atoms. The summed E-state index contributed by atoms with van der Waals surface area (Å²) in [4.78, 5) is 4.89. The standard InChI is InChI=1S/C56H46N4O/c1-55(2,3)36-30-31-57-52(32-36)60-49-26-12-11-22-44(49)45-29-28-39(34-51(45)60)61-38-17-13-16-37(33-38)58-35-59-53-46(23-14-25-48(53)56(4,5)6)42-20-9-7-18-40(42)41-19-8-10-21-43(41)47-24-15-27-50(58)54(47)59/h7-34H,1-6H3. The number of pyridine rings is 1. The summed E-state index contributed by atoms with van der Waals surface area (Å²) in [5.41, 5.74) is 15.9. The van der Waals surface area contributed by atoms with Crippen LogP contribution in [0.2, 0.25) is 0 Å². The molecule has 1 aliphatic heterocycles. The second-order valence-corrected chi connectivity index (χ2v) is 18.3. The first-order chi connectivity index (χ1) is 29.5. The molecule has 7 aromatic carbocycles. The molecule has 0 radical (unpaired) electrons. The highest BCUT2D eigenvalue weighted by molar-refractivity contribution is 6.09. The van der Waals surface area contributed by atoms with Crippen LogP contribution in [0.25, 0.3) is 83.4 Å². The second-order valence-electron chi connectivity index (χ2n) is 18.3. The van der Waals surface area contributed by atoms with Crippen LogP contribution in [0.5, 0.6) is 11.5 Å². The highest BCUT2D eigenvalue weighted by Gasteiger charge is 2.29. The number of benzene rings is 7. The molecule has 5 nitrogen and oxygen atoms in total. The maximum absolute atomic E-state index is 6.79. The van der Waals surface area contributed by atoms with Gasteiger partial charge in [-0.15, -0.1) is 0 Å². The Hall–Kier alpha value is -7.24. The van der Waals surface area contributed by atoms with Gasteiger partial charge in [-0.25, -0.2) is 4.98 Å². The van der Waals surface area contributed by atoms with E-state index in [4.69, 9.17) is 9.72 Å². The van der Waals surface area contributed by atoms with Crippen molar-refractivity contribution < 1.29 is 9.30 Å². The Morgan fingerprint density at radius 2 is 1.11 bits per heavy atom. The highest BCUT2D eigenvalue weighted by Crippen LogP contribution is 2.45. The summed E-state index contributed by atoms with van der Waals surface area (Å²) in [5.74, 6) is 2.38. The van der Waals surface area contributed by atoms with E-state index in [9.17, 15) is 0 Å². The molecule has 0 unspecified atom stereocenters. The van der Waals surface area contributed by atoms with Crippen LogP contribution in [0.3, 0.4) is 0 Å². The third-order valence-electron chi connectivity index (χ3n) is 12.3. The van der Waals surface area contributed by atoms with Gasteiger partial charge in [-0.3, -0.25) is 13.7 Å². The van der Waals surface area contributed by atoms with E-state index in [0.29, 0.717) is 0 Å². The van der Waals surface area contributed by atoms with Crippen molar-refractivity contribution in [2.45, 2.75) is 52.4 Å². The van der Waals surface area contributed by atoms with Gasteiger partial charge in [0.1, 0.15) is 17.3 Å². The predicted molar refractivity (Wildman–Crippen MR) is 250 cm³/mol. The van der Waals surface area contributed by atoms with E-state index in [-0.39, 0.29) is 10.8 Å². The van der Waals surface area contributed by atoms with E-state index in [0.717, 1.165) is 61.7 Å². The monoisotopic (exact) mass is 790 g/mol. The van der Waals surface area contributed by atoms with Crippen molar-refractivity contribution in [2.75, 3.05) is 0 Å². The Bertz CT molecular complexity index is 3370.